The Morgan fingerprint density at radius 1 is 1.23 bits per heavy atom. The number of nitrogens with one attached hydrogen (secondary N) is 1. The second-order valence-corrected chi connectivity index (χ2v) is 7.75. The number of piperidine rings is 1. The number of hydrogen-bond donors (Lipinski definition) is 2. The number of hydrogen-bond acceptors (Lipinski definition) is 8. The maximum atomic E-state index is 6.40. The van der Waals surface area contributed by atoms with Crippen LogP contribution in [0, 0.1) is 0 Å². The number of fused-ring (bicyclic) bond motifs is 1. The van der Waals surface area contributed by atoms with Gasteiger partial charge in [0.2, 0.25) is 0 Å². The molecule has 0 unspecified atom stereocenters. The highest BCUT2D eigenvalue weighted by molar-refractivity contribution is 7.22. The number of benzene rings is 1. The lowest BCUT2D eigenvalue weighted by Gasteiger charge is -2.36. The van der Waals surface area contributed by atoms with Crippen LogP contribution in [0.25, 0.3) is 10.2 Å². The number of nitrogens with zero attached hydrogens (tertiary/aromatic N) is 5. The van der Waals surface area contributed by atoms with Crippen LogP contribution < -0.4 is 16.0 Å². The molecule has 1 aromatic carbocycles. The van der Waals surface area contributed by atoms with E-state index in [1.807, 2.05) is 18.2 Å². The third kappa shape index (κ3) is 3.30. The lowest BCUT2D eigenvalue weighted by atomic mass is 10.0. The molecule has 0 saturated carbocycles. The van der Waals surface area contributed by atoms with E-state index < -0.39 is 0 Å². The van der Waals surface area contributed by atoms with Gasteiger partial charge in [0.1, 0.15) is 12.0 Å². The van der Waals surface area contributed by atoms with Gasteiger partial charge in [-0.3, -0.25) is 0 Å². The van der Waals surface area contributed by atoms with E-state index in [1.165, 1.54) is 0 Å². The maximum Gasteiger partial charge on any atom is 0.189 e. The molecule has 0 radical (unpaired) electrons. The Kier molecular flexibility index (Phi) is 4.60. The summed E-state index contributed by atoms with van der Waals surface area (Å²) in [5, 5.41) is 4.05. The van der Waals surface area contributed by atoms with Crippen LogP contribution in [0.1, 0.15) is 12.8 Å². The molecule has 1 saturated heterocycles. The standard InChI is InChI=1S/C18H23N7S/c1-24-9-7-12(8-10-24)25(2)17-15(19)16(20-11-21-17)23-18-22-13-5-3-4-6-14(13)26-18/h3-6,11-12H,7-10,19H2,1-2H3,(H,20,21,22,23). The minimum Gasteiger partial charge on any atom is -0.393 e. The molecule has 3 heterocycles. The molecule has 0 atom stereocenters. The molecule has 26 heavy (non-hydrogen) atoms. The molecule has 7 nitrogen and oxygen atoms in total. The zero-order valence-corrected chi connectivity index (χ0v) is 15.8. The molecule has 0 spiro atoms. The summed E-state index contributed by atoms with van der Waals surface area (Å²) in [4.78, 5) is 17.9. The number of aromatic nitrogens is 3. The normalized spacial score (nSPS) is 16.1. The van der Waals surface area contributed by atoms with E-state index in [9.17, 15) is 0 Å². The number of anilines is 4. The highest BCUT2D eigenvalue weighted by atomic mass is 32.1. The number of thiazole rings is 1. The quantitative estimate of drug-likeness (QED) is 0.731. The van der Waals surface area contributed by atoms with Crippen molar-refractivity contribution in [3.63, 3.8) is 0 Å². The van der Waals surface area contributed by atoms with Gasteiger partial charge in [-0.15, -0.1) is 0 Å². The highest BCUT2D eigenvalue weighted by Crippen LogP contribution is 2.33. The van der Waals surface area contributed by atoms with E-state index in [4.69, 9.17) is 5.73 Å². The first-order valence-corrected chi connectivity index (χ1v) is 9.58. The lowest BCUT2D eigenvalue weighted by molar-refractivity contribution is 0.252. The van der Waals surface area contributed by atoms with Crippen LogP contribution in [-0.4, -0.2) is 53.1 Å². The second-order valence-electron chi connectivity index (χ2n) is 6.72. The molecule has 1 aliphatic heterocycles. The number of likely N-dealkylation sites (tertiary alicyclic amines) is 1. The largest absolute Gasteiger partial charge is 0.393 e. The predicted octanol–water partition coefficient (Wildman–Crippen LogP) is 2.94. The van der Waals surface area contributed by atoms with Gasteiger partial charge in [0.05, 0.1) is 10.2 Å². The van der Waals surface area contributed by atoms with Crippen LogP contribution >= 0.6 is 11.3 Å². The summed E-state index contributed by atoms with van der Waals surface area (Å²) in [6, 6.07) is 8.50. The van der Waals surface area contributed by atoms with Crippen molar-refractivity contribution in [2.45, 2.75) is 18.9 Å². The number of nitrogen functional groups attached to an aromatic ring is 1. The molecule has 1 fully saturated rings. The molecule has 0 amide bonds. The monoisotopic (exact) mass is 369 g/mol. The van der Waals surface area contributed by atoms with Gasteiger partial charge in [-0.25, -0.2) is 15.0 Å². The van der Waals surface area contributed by atoms with Gasteiger partial charge in [-0.1, -0.05) is 23.5 Å². The molecule has 4 rings (SSSR count). The van der Waals surface area contributed by atoms with Crippen molar-refractivity contribution >= 4 is 44.0 Å². The van der Waals surface area contributed by atoms with Crippen LogP contribution in [0.5, 0.6) is 0 Å². The van der Waals surface area contributed by atoms with Crippen molar-refractivity contribution in [2.24, 2.45) is 0 Å². The summed E-state index contributed by atoms with van der Waals surface area (Å²) < 4.78 is 1.13. The number of rotatable bonds is 4. The van der Waals surface area contributed by atoms with E-state index in [0.717, 1.165) is 47.1 Å². The third-order valence-corrected chi connectivity index (χ3v) is 5.90. The van der Waals surface area contributed by atoms with Gasteiger partial charge in [0, 0.05) is 13.1 Å². The van der Waals surface area contributed by atoms with Crippen LogP contribution in [0.2, 0.25) is 0 Å². The average molecular weight is 369 g/mol. The van der Waals surface area contributed by atoms with E-state index in [2.05, 4.69) is 50.2 Å². The van der Waals surface area contributed by atoms with Gasteiger partial charge >= 0.3 is 0 Å². The first-order chi connectivity index (χ1) is 12.6. The smallest absolute Gasteiger partial charge is 0.189 e. The van der Waals surface area contributed by atoms with E-state index in [-0.39, 0.29) is 0 Å². The first-order valence-electron chi connectivity index (χ1n) is 8.76. The summed E-state index contributed by atoms with van der Waals surface area (Å²) in [5.41, 5.74) is 7.93. The minimum absolute atomic E-state index is 0.443. The Morgan fingerprint density at radius 3 is 2.77 bits per heavy atom. The van der Waals surface area contributed by atoms with E-state index in [1.54, 1.807) is 17.7 Å². The number of nitrogens with two attached hydrogens (primary N) is 1. The molecular weight excluding hydrogens is 346 g/mol. The Labute approximate surface area is 156 Å². The summed E-state index contributed by atoms with van der Waals surface area (Å²) >= 11 is 1.59. The van der Waals surface area contributed by atoms with Crippen LogP contribution in [-0.2, 0) is 0 Å². The molecule has 0 aliphatic carbocycles. The Balaban J connectivity index is 1.57. The topological polar surface area (TPSA) is 83.2 Å². The van der Waals surface area contributed by atoms with Crippen LogP contribution in [0.3, 0.4) is 0 Å². The highest BCUT2D eigenvalue weighted by Gasteiger charge is 2.24. The van der Waals surface area contributed by atoms with Crippen molar-refractivity contribution in [2.75, 3.05) is 43.1 Å². The van der Waals surface area contributed by atoms with Crippen LogP contribution in [0.4, 0.5) is 22.5 Å². The number of para-hydroxylation sites is 1. The van der Waals surface area contributed by atoms with E-state index >= 15 is 0 Å². The van der Waals surface area contributed by atoms with Crippen LogP contribution in [0.15, 0.2) is 30.6 Å². The van der Waals surface area contributed by atoms with Gasteiger partial charge in [-0.05, 0) is 45.1 Å². The van der Waals surface area contributed by atoms with Crippen molar-refractivity contribution in [3.05, 3.63) is 30.6 Å². The van der Waals surface area contributed by atoms with Crippen molar-refractivity contribution in [1.82, 2.24) is 19.9 Å². The Hall–Kier alpha value is -2.45. The summed E-state index contributed by atoms with van der Waals surface area (Å²) in [6.07, 6.45) is 3.78. The minimum atomic E-state index is 0.443. The molecule has 0 bridgehead atoms. The zero-order valence-electron chi connectivity index (χ0n) is 15.0. The van der Waals surface area contributed by atoms with Gasteiger partial charge < -0.3 is 20.9 Å². The average Bonchev–Trinajstić information content (AvgIpc) is 3.06. The predicted molar refractivity (Wildman–Crippen MR) is 108 cm³/mol. The van der Waals surface area contributed by atoms with Gasteiger partial charge in [0.15, 0.2) is 16.8 Å². The summed E-state index contributed by atoms with van der Waals surface area (Å²) in [5.74, 6) is 1.38. The fraction of sp³-hybridized carbons (Fsp3) is 0.389. The molecule has 3 aromatic rings. The summed E-state index contributed by atoms with van der Waals surface area (Å²) in [6.45, 7) is 2.19. The van der Waals surface area contributed by atoms with Gasteiger partial charge in [-0.2, -0.15) is 0 Å². The Bertz CT molecular complexity index is 868. The first kappa shape index (κ1) is 17.0. The fourth-order valence-electron chi connectivity index (χ4n) is 3.35. The second kappa shape index (κ2) is 7.05. The Morgan fingerprint density at radius 2 is 2.00 bits per heavy atom. The molecule has 8 heteroatoms. The lowest BCUT2D eigenvalue weighted by Crippen LogP contribution is -2.42. The van der Waals surface area contributed by atoms with Gasteiger partial charge in [0.25, 0.3) is 0 Å². The fourth-order valence-corrected chi connectivity index (χ4v) is 4.21. The van der Waals surface area contributed by atoms with Crippen molar-refractivity contribution in [1.29, 1.82) is 0 Å². The molecule has 2 aromatic heterocycles. The van der Waals surface area contributed by atoms with Crippen molar-refractivity contribution < 1.29 is 0 Å². The SMILES string of the molecule is CN1CCC(N(C)c2ncnc(Nc3nc4ccccc4s3)c2N)CC1. The molecule has 3 N–H and O–H groups in total. The van der Waals surface area contributed by atoms with Crippen molar-refractivity contribution in [3.8, 4) is 0 Å². The maximum absolute atomic E-state index is 6.40. The molecule has 1 aliphatic rings. The molecular formula is C18H23N7S. The zero-order chi connectivity index (χ0) is 18.1. The molecule has 136 valence electrons. The summed E-state index contributed by atoms with van der Waals surface area (Å²) in [7, 11) is 4.23. The third-order valence-electron chi connectivity index (χ3n) is 4.95. The van der Waals surface area contributed by atoms with E-state index in [0.29, 0.717) is 17.5 Å².